The van der Waals surface area contributed by atoms with Gasteiger partial charge in [0.2, 0.25) is 0 Å². The van der Waals surface area contributed by atoms with Crippen molar-refractivity contribution in [2.75, 3.05) is 33.1 Å². The normalized spacial score (nSPS) is 19.2. The monoisotopic (exact) mass is 441 g/mol. The first kappa shape index (κ1) is 21.8. The van der Waals surface area contributed by atoms with Gasteiger partial charge in [-0.05, 0) is 56.9 Å². The molecule has 0 radical (unpaired) electrons. The number of carboxylic acids is 1. The topological polar surface area (TPSA) is 43.6 Å². The van der Waals surface area contributed by atoms with Gasteiger partial charge in [-0.25, -0.2) is 9.37 Å². The van der Waals surface area contributed by atoms with Crippen molar-refractivity contribution in [1.82, 2.24) is 0 Å². The van der Waals surface area contributed by atoms with Gasteiger partial charge < -0.3 is 10.0 Å². The summed E-state index contributed by atoms with van der Waals surface area (Å²) in [4.78, 5) is 14.2. The van der Waals surface area contributed by atoms with E-state index in [9.17, 15) is 9.90 Å². The number of anilines is 1. The average molecular weight is 442 g/mol. The van der Waals surface area contributed by atoms with Gasteiger partial charge in [-0.15, -0.1) is 6.58 Å². The van der Waals surface area contributed by atoms with Crippen LogP contribution >= 0.6 is 0 Å². The van der Waals surface area contributed by atoms with Crippen molar-refractivity contribution in [3.63, 3.8) is 0 Å². The zero-order valence-electron chi connectivity index (χ0n) is 19.3. The summed E-state index contributed by atoms with van der Waals surface area (Å²) in [5.41, 5.74) is 8.64. The fourth-order valence-corrected chi connectivity index (χ4v) is 7.77. The Kier molecular flexibility index (Phi) is 5.39. The third kappa shape index (κ3) is 3.29. The van der Waals surface area contributed by atoms with E-state index < -0.39 is 14.0 Å². The van der Waals surface area contributed by atoms with Gasteiger partial charge in [0.1, 0.15) is 22.2 Å². The Morgan fingerprint density at radius 3 is 2.44 bits per heavy atom. The van der Waals surface area contributed by atoms with E-state index in [0.717, 1.165) is 33.7 Å². The summed E-state index contributed by atoms with van der Waals surface area (Å²) in [5.74, 6) is -0.916. The number of nitrogens with zero attached hydrogens (tertiary/aromatic N) is 2. The van der Waals surface area contributed by atoms with Crippen LogP contribution in [0.15, 0.2) is 83.7 Å². The second-order valence-electron chi connectivity index (χ2n) is 8.88. The Morgan fingerprint density at radius 1 is 1.09 bits per heavy atom. The van der Waals surface area contributed by atoms with E-state index in [1.54, 1.807) is 12.1 Å². The van der Waals surface area contributed by atoms with E-state index in [4.69, 9.17) is 0 Å². The molecule has 1 aliphatic carbocycles. The van der Waals surface area contributed by atoms with Crippen LogP contribution in [0.4, 0.5) is 5.69 Å². The first-order valence-electron chi connectivity index (χ1n) is 10.7. The predicted octanol–water partition coefficient (Wildman–Crippen LogP) is 4.03. The van der Waals surface area contributed by atoms with E-state index in [2.05, 4.69) is 64.7 Å². The largest absolute Gasteiger partial charge is 0.478 e. The zero-order chi connectivity index (χ0) is 23.2. The Hall–Kier alpha value is -3.44. The minimum absolute atomic E-state index is 0.316. The van der Waals surface area contributed by atoms with Crippen LogP contribution in [0, 0.1) is 0 Å². The number of aromatic carboxylic acids is 1. The molecule has 5 heteroatoms. The lowest BCUT2D eigenvalue weighted by Gasteiger charge is -2.38. The van der Waals surface area contributed by atoms with E-state index in [0.29, 0.717) is 5.56 Å². The summed E-state index contributed by atoms with van der Waals surface area (Å²) in [6.45, 7) is 6.61. The first-order valence-corrected chi connectivity index (χ1v) is 13.2. The Morgan fingerprint density at radius 2 is 1.81 bits per heavy atom. The number of hydrogen-bond donors (Lipinski definition) is 1. The van der Waals surface area contributed by atoms with Crippen LogP contribution in [0.1, 0.15) is 21.5 Å². The van der Waals surface area contributed by atoms with E-state index >= 15 is 0 Å². The van der Waals surface area contributed by atoms with Crippen LogP contribution in [0.5, 0.6) is 0 Å². The second-order valence-corrected chi connectivity index (χ2v) is 12.8. The molecule has 1 atom stereocenters. The molecule has 4 nitrogen and oxygen atoms in total. The molecule has 32 heavy (non-hydrogen) atoms. The number of carbonyl (C=O) groups is 1. The van der Waals surface area contributed by atoms with Gasteiger partial charge in [0.05, 0.1) is 5.56 Å². The van der Waals surface area contributed by atoms with Gasteiger partial charge in [0, 0.05) is 31.9 Å². The maximum atomic E-state index is 12.1. The number of benzene rings is 2. The lowest BCUT2D eigenvalue weighted by atomic mass is 9.87. The third-order valence-corrected chi connectivity index (χ3v) is 10.4. The van der Waals surface area contributed by atoms with E-state index in [1.165, 1.54) is 10.4 Å². The fourth-order valence-electron chi connectivity index (χ4n) is 4.60. The highest BCUT2D eigenvalue weighted by atomic mass is 28.3. The standard InChI is InChI=1S/C27H28N2O2Si/c1-7-32(6)24-16-18(28(2)3)12-14-22(24)26(20-10-8-9-11-21(20)27(30)31)23-15-13-19(29(4)5)17-25(23)32/h7-17H,1H2,2-6H3/p+1. The minimum atomic E-state index is -2.28. The maximum absolute atomic E-state index is 12.1. The lowest BCUT2D eigenvalue weighted by molar-refractivity contribution is -0.462. The predicted molar refractivity (Wildman–Crippen MR) is 136 cm³/mol. The van der Waals surface area contributed by atoms with Crippen molar-refractivity contribution in [2.45, 2.75) is 6.55 Å². The molecule has 2 aliphatic rings. The summed E-state index contributed by atoms with van der Waals surface area (Å²) in [5, 5.41) is 12.5. The number of carboxylic acid groups (broad SMARTS) is 1. The molecule has 0 bridgehead atoms. The summed E-state index contributed by atoms with van der Waals surface area (Å²) in [6.07, 6.45) is 6.52. The summed E-state index contributed by atoms with van der Waals surface area (Å²) in [6, 6.07) is 13.8. The highest BCUT2D eigenvalue weighted by Crippen LogP contribution is 2.43. The fraction of sp³-hybridized carbons (Fsp3) is 0.185. The molecule has 2 aromatic rings. The molecule has 2 aromatic carbocycles. The quantitative estimate of drug-likeness (QED) is 0.576. The highest BCUT2D eigenvalue weighted by molar-refractivity contribution is 7.02. The number of fused-ring (bicyclic) bond motifs is 2. The van der Waals surface area contributed by atoms with Crippen molar-refractivity contribution in [3.05, 3.63) is 100 Å². The second kappa shape index (κ2) is 7.91. The van der Waals surface area contributed by atoms with Gasteiger partial charge in [-0.1, -0.05) is 36.5 Å². The van der Waals surface area contributed by atoms with Crippen LogP contribution in [-0.4, -0.2) is 57.6 Å². The van der Waals surface area contributed by atoms with Gasteiger partial charge >= 0.3 is 5.97 Å². The number of hydrogen-bond acceptors (Lipinski definition) is 2. The molecule has 0 amide bonds. The zero-order valence-corrected chi connectivity index (χ0v) is 20.3. The van der Waals surface area contributed by atoms with Crippen LogP contribution in [-0.2, 0) is 0 Å². The van der Waals surface area contributed by atoms with Crippen LogP contribution in [0.2, 0.25) is 6.55 Å². The SMILES string of the molecule is C=C[Si]1(C)C2=CC(=[N+](C)C)C=CC2=C(c2ccccc2C(=O)O)c2ccc(N(C)C)cc21. The van der Waals surface area contributed by atoms with Crippen LogP contribution < -0.4 is 10.1 Å². The molecular formula is C27H29N2O2Si+. The maximum Gasteiger partial charge on any atom is 0.336 e. The molecule has 0 spiro atoms. The van der Waals surface area contributed by atoms with E-state index in [1.807, 2.05) is 40.3 Å². The molecule has 4 rings (SSSR count). The molecule has 1 aliphatic heterocycles. The summed E-state index contributed by atoms with van der Waals surface area (Å²) >= 11 is 0. The molecule has 1 heterocycles. The molecule has 162 valence electrons. The van der Waals surface area contributed by atoms with Crippen molar-refractivity contribution >= 4 is 36.2 Å². The molecule has 0 fully saturated rings. The van der Waals surface area contributed by atoms with Crippen LogP contribution in [0.25, 0.3) is 5.57 Å². The van der Waals surface area contributed by atoms with Gasteiger partial charge in [0.25, 0.3) is 0 Å². The molecule has 0 saturated heterocycles. The minimum Gasteiger partial charge on any atom is -0.478 e. The van der Waals surface area contributed by atoms with Crippen molar-refractivity contribution in [3.8, 4) is 0 Å². The Balaban J connectivity index is 2.17. The first-order chi connectivity index (χ1) is 15.2. The highest BCUT2D eigenvalue weighted by Gasteiger charge is 2.42. The number of rotatable bonds is 4. The summed E-state index contributed by atoms with van der Waals surface area (Å²) < 4.78 is 2.11. The van der Waals surface area contributed by atoms with Crippen LogP contribution in [0.3, 0.4) is 0 Å². The van der Waals surface area contributed by atoms with Crippen molar-refractivity contribution < 1.29 is 14.5 Å². The van der Waals surface area contributed by atoms with E-state index in [-0.39, 0.29) is 0 Å². The Bertz CT molecular complexity index is 1280. The number of allylic oxidation sites excluding steroid dienone is 5. The third-order valence-electron chi connectivity index (χ3n) is 6.53. The lowest BCUT2D eigenvalue weighted by Crippen LogP contribution is -2.51. The van der Waals surface area contributed by atoms with Gasteiger partial charge in [-0.3, -0.25) is 0 Å². The average Bonchev–Trinajstić information content (AvgIpc) is 2.78. The Labute approximate surface area is 190 Å². The molecule has 0 aromatic heterocycles. The molecule has 0 saturated carbocycles. The van der Waals surface area contributed by atoms with Gasteiger partial charge in [0.15, 0.2) is 5.71 Å². The summed E-state index contributed by atoms with van der Waals surface area (Å²) in [7, 11) is 5.88. The molecule has 1 N–H and O–H groups in total. The van der Waals surface area contributed by atoms with Gasteiger partial charge in [-0.2, -0.15) is 0 Å². The molecular weight excluding hydrogens is 412 g/mol. The van der Waals surface area contributed by atoms with Crippen molar-refractivity contribution in [2.24, 2.45) is 0 Å². The molecule has 1 unspecified atom stereocenters. The van der Waals surface area contributed by atoms with Crippen molar-refractivity contribution in [1.29, 1.82) is 0 Å². The smallest absolute Gasteiger partial charge is 0.336 e.